The maximum atomic E-state index is 11.9. The molecule has 0 heterocycles. The zero-order chi connectivity index (χ0) is 14.3. The van der Waals surface area contributed by atoms with Crippen LogP contribution in [0.1, 0.15) is 12.5 Å². The molecule has 0 bridgehead atoms. The quantitative estimate of drug-likeness (QED) is 0.427. The summed E-state index contributed by atoms with van der Waals surface area (Å²) in [7, 11) is 0. The molecule has 1 rings (SSSR count). The number of benzene rings is 1. The fraction of sp³-hybridized carbons (Fsp3) is 0.500. The van der Waals surface area contributed by atoms with Gasteiger partial charge in [-0.15, -0.1) is 0 Å². The third-order valence-corrected chi connectivity index (χ3v) is 2.66. The Morgan fingerprint density at radius 3 is 2.53 bits per heavy atom. The zero-order valence-corrected chi connectivity index (χ0v) is 11.9. The fourth-order valence-corrected chi connectivity index (χ4v) is 1.80. The van der Waals surface area contributed by atoms with E-state index < -0.39 is 19.6 Å². The number of ether oxygens (including phenoxy) is 3. The molecule has 19 heavy (non-hydrogen) atoms. The van der Waals surface area contributed by atoms with Crippen LogP contribution in [0.25, 0.3) is 0 Å². The number of alkyl halides is 4. The number of rotatable bonds is 7. The Balaban J connectivity index is 2.64. The van der Waals surface area contributed by atoms with E-state index >= 15 is 0 Å². The molecule has 0 saturated carbocycles. The number of hydrogen-bond donors (Lipinski definition) is 0. The van der Waals surface area contributed by atoms with E-state index in [9.17, 15) is 13.2 Å². The molecule has 0 saturated heterocycles. The van der Waals surface area contributed by atoms with Crippen LogP contribution in [0.2, 0.25) is 0 Å². The maximum Gasteiger partial charge on any atom is 0.411 e. The van der Waals surface area contributed by atoms with E-state index in [1.54, 1.807) is 18.2 Å². The average molecular weight is 343 g/mol. The van der Waals surface area contributed by atoms with Crippen molar-refractivity contribution < 1.29 is 27.4 Å². The lowest BCUT2D eigenvalue weighted by Crippen LogP contribution is -2.19. The van der Waals surface area contributed by atoms with Crippen molar-refractivity contribution in [1.82, 2.24) is 0 Å². The van der Waals surface area contributed by atoms with Crippen LogP contribution in [0.3, 0.4) is 0 Å². The molecule has 0 fully saturated rings. The summed E-state index contributed by atoms with van der Waals surface area (Å²) in [6.07, 6.45) is -4.36. The van der Waals surface area contributed by atoms with E-state index in [1.165, 1.54) is 0 Å². The highest BCUT2D eigenvalue weighted by Gasteiger charge is 2.27. The summed E-state index contributed by atoms with van der Waals surface area (Å²) in [5.41, 5.74) is 0.779. The highest BCUT2D eigenvalue weighted by molar-refractivity contribution is 9.08. The molecule has 0 spiro atoms. The zero-order valence-electron chi connectivity index (χ0n) is 10.3. The average Bonchev–Trinajstić information content (AvgIpc) is 2.35. The Labute approximate surface area is 117 Å². The van der Waals surface area contributed by atoms with Crippen molar-refractivity contribution in [2.24, 2.45) is 0 Å². The van der Waals surface area contributed by atoms with Gasteiger partial charge in [0.1, 0.15) is 6.61 Å². The van der Waals surface area contributed by atoms with Crippen LogP contribution in [-0.2, 0) is 10.1 Å². The van der Waals surface area contributed by atoms with Crippen LogP contribution in [0.4, 0.5) is 13.2 Å². The molecule has 3 nitrogen and oxygen atoms in total. The number of halogens is 4. The highest BCUT2D eigenvalue weighted by Crippen LogP contribution is 2.32. The van der Waals surface area contributed by atoms with Crippen molar-refractivity contribution in [3.8, 4) is 11.5 Å². The van der Waals surface area contributed by atoms with E-state index in [-0.39, 0.29) is 0 Å². The normalized spacial score (nSPS) is 11.4. The topological polar surface area (TPSA) is 27.7 Å². The van der Waals surface area contributed by atoms with Gasteiger partial charge < -0.3 is 14.2 Å². The van der Waals surface area contributed by atoms with Gasteiger partial charge in [-0.3, -0.25) is 0 Å². The third kappa shape index (κ3) is 5.69. The molecule has 0 aliphatic heterocycles. The van der Waals surface area contributed by atoms with Crippen molar-refractivity contribution in [1.29, 1.82) is 0 Å². The summed E-state index contributed by atoms with van der Waals surface area (Å²) in [5, 5.41) is 0.502. The Kier molecular flexibility index (Phi) is 6.44. The number of hydrogen-bond acceptors (Lipinski definition) is 3. The van der Waals surface area contributed by atoms with Crippen LogP contribution < -0.4 is 9.47 Å². The van der Waals surface area contributed by atoms with E-state index in [1.807, 2.05) is 6.92 Å². The van der Waals surface area contributed by atoms with E-state index in [0.717, 1.165) is 5.56 Å². The van der Waals surface area contributed by atoms with Gasteiger partial charge in [-0.2, -0.15) is 13.2 Å². The molecule has 0 aliphatic rings. The van der Waals surface area contributed by atoms with Gasteiger partial charge in [-0.1, -0.05) is 28.1 Å². The molecule has 0 amide bonds. The van der Waals surface area contributed by atoms with Gasteiger partial charge in [0.2, 0.25) is 0 Å². The second kappa shape index (κ2) is 7.59. The van der Waals surface area contributed by atoms with Crippen molar-refractivity contribution in [3.63, 3.8) is 0 Å². The van der Waals surface area contributed by atoms with Crippen molar-refractivity contribution in [2.75, 3.05) is 20.0 Å². The largest absolute Gasteiger partial charge is 0.490 e. The number of para-hydroxylation sites is 1. The van der Waals surface area contributed by atoms with Crippen molar-refractivity contribution in [3.05, 3.63) is 23.8 Å². The molecule has 108 valence electrons. The summed E-state index contributed by atoms with van der Waals surface area (Å²) in [6, 6.07) is 5.26. The Bertz CT molecular complexity index is 396. The maximum absolute atomic E-state index is 11.9. The molecule has 1 aromatic carbocycles. The first-order valence-corrected chi connectivity index (χ1v) is 6.68. The van der Waals surface area contributed by atoms with Gasteiger partial charge in [0.15, 0.2) is 18.3 Å². The first kappa shape index (κ1) is 16.1. The van der Waals surface area contributed by atoms with Crippen LogP contribution >= 0.6 is 15.9 Å². The van der Waals surface area contributed by atoms with Gasteiger partial charge in [-0.25, -0.2) is 0 Å². The van der Waals surface area contributed by atoms with E-state index in [0.29, 0.717) is 23.4 Å². The monoisotopic (exact) mass is 342 g/mol. The Morgan fingerprint density at radius 2 is 1.95 bits per heavy atom. The van der Waals surface area contributed by atoms with Gasteiger partial charge in [0.25, 0.3) is 0 Å². The Hall–Kier alpha value is -0.950. The smallest absolute Gasteiger partial charge is 0.411 e. The molecule has 0 radical (unpaired) electrons. The van der Waals surface area contributed by atoms with Crippen LogP contribution in [0, 0.1) is 0 Å². The first-order chi connectivity index (χ1) is 8.98. The highest BCUT2D eigenvalue weighted by atomic mass is 79.9. The fourth-order valence-electron chi connectivity index (χ4n) is 1.36. The second-order valence-electron chi connectivity index (χ2n) is 3.54. The van der Waals surface area contributed by atoms with Crippen molar-refractivity contribution >= 4 is 15.9 Å². The van der Waals surface area contributed by atoms with Crippen LogP contribution in [0.15, 0.2) is 18.2 Å². The summed E-state index contributed by atoms with van der Waals surface area (Å²) < 4.78 is 50.7. The van der Waals surface area contributed by atoms with Gasteiger partial charge in [0, 0.05) is 10.9 Å². The molecule has 0 atom stereocenters. The molecule has 0 unspecified atom stereocenters. The lowest BCUT2D eigenvalue weighted by Gasteiger charge is -2.15. The second-order valence-corrected chi connectivity index (χ2v) is 4.10. The van der Waals surface area contributed by atoms with Crippen LogP contribution in [0.5, 0.6) is 11.5 Å². The minimum Gasteiger partial charge on any atom is -0.490 e. The predicted octanol–water partition coefficient (Wildman–Crippen LogP) is 3.90. The molecule has 0 aliphatic carbocycles. The molecular formula is C12H14BrF3O3. The third-order valence-electron chi connectivity index (χ3n) is 2.06. The van der Waals surface area contributed by atoms with Gasteiger partial charge >= 0.3 is 6.18 Å². The SMILES string of the molecule is CCOc1cccc(CBr)c1OCOCC(F)(F)F. The van der Waals surface area contributed by atoms with Gasteiger partial charge in [-0.05, 0) is 13.0 Å². The molecule has 0 aromatic heterocycles. The van der Waals surface area contributed by atoms with E-state index in [4.69, 9.17) is 9.47 Å². The minimum absolute atomic E-state index is 0.392. The molecule has 1 aromatic rings. The van der Waals surface area contributed by atoms with Crippen LogP contribution in [-0.4, -0.2) is 26.2 Å². The summed E-state index contributed by atoms with van der Waals surface area (Å²) in [4.78, 5) is 0. The molecule has 7 heteroatoms. The van der Waals surface area contributed by atoms with Gasteiger partial charge in [0.05, 0.1) is 6.61 Å². The minimum atomic E-state index is -4.36. The summed E-state index contributed by atoms with van der Waals surface area (Å²) in [5.74, 6) is 0.874. The lowest BCUT2D eigenvalue weighted by atomic mass is 10.2. The standard InChI is InChI=1S/C12H14BrF3O3/c1-2-18-10-5-3-4-9(6-13)11(10)19-8-17-7-12(14,15)16/h3-5H,2,6-8H2,1H3. The predicted molar refractivity (Wildman–Crippen MR) is 67.7 cm³/mol. The Morgan fingerprint density at radius 1 is 1.21 bits per heavy atom. The van der Waals surface area contributed by atoms with Crippen molar-refractivity contribution in [2.45, 2.75) is 18.4 Å². The summed E-state index contributed by atoms with van der Waals surface area (Å²) in [6.45, 7) is 0.424. The lowest BCUT2D eigenvalue weighted by molar-refractivity contribution is -0.186. The molecule has 0 N–H and O–H groups in total. The van der Waals surface area contributed by atoms with E-state index in [2.05, 4.69) is 20.7 Å². The first-order valence-electron chi connectivity index (χ1n) is 5.56. The summed E-state index contributed by atoms with van der Waals surface area (Å²) >= 11 is 3.28. The molecular weight excluding hydrogens is 329 g/mol.